The topological polar surface area (TPSA) is 46.5 Å². The SMILES string of the molecule is Cc1cc(CCC(=O)O)c(C(F)(F)F)cc1OCC1=C(c2ccc(Cl)cc2)CCC1. The van der Waals surface area contributed by atoms with Gasteiger partial charge in [-0.05, 0) is 78.6 Å². The Balaban J connectivity index is 1.84. The van der Waals surface area contributed by atoms with Crippen molar-refractivity contribution in [2.45, 2.75) is 45.2 Å². The van der Waals surface area contributed by atoms with E-state index in [4.69, 9.17) is 21.4 Å². The molecule has 0 spiro atoms. The number of rotatable bonds is 7. The predicted molar refractivity (Wildman–Crippen MR) is 110 cm³/mol. The lowest BCUT2D eigenvalue weighted by molar-refractivity contribution is -0.140. The van der Waals surface area contributed by atoms with E-state index in [0.29, 0.717) is 10.6 Å². The summed E-state index contributed by atoms with van der Waals surface area (Å²) in [5.74, 6) is -0.972. The van der Waals surface area contributed by atoms with Gasteiger partial charge in [0.25, 0.3) is 0 Å². The summed E-state index contributed by atoms with van der Waals surface area (Å²) in [5.41, 5.74) is 2.94. The maximum atomic E-state index is 13.5. The number of ether oxygens (including phenoxy) is 1. The number of carbonyl (C=O) groups is 1. The van der Waals surface area contributed by atoms with E-state index in [0.717, 1.165) is 42.0 Å². The molecule has 0 aliphatic heterocycles. The Bertz CT molecular complexity index is 963. The third-order valence-electron chi connectivity index (χ3n) is 5.24. The van der Waals surface area contributed by atoms with Crippen LogP contribution in [0.15, 0.2) is 42.0 Å². The molecule has 0 amide bonds. The van der Waals surface area contributed by atoms with Gasteiger partial charge < -0.3 is 9.84 Å². The van der Waals surface area contributed by atoms with Crippen LogP contribution in [0.25, 0.3) is 5.57 Å². The van der Waals surface area contributed by atoms with Crippen molar-refractivity contribution < 1.29 is 27.8 Å². The molecule has 1 aliphatic carbocycles. The van der Waals surface area contributed by atoms with Gasteiger partial charge in [-0.25, -0.2) is 0 Å². The van der Waals surface area contributed by atoms with Gasteiger partial charge in [-0.1, -0.05) is 29.8 Å². The second kappa shape index (κ2) is 9.13. The number of alkyl halides is 3. The average molecular weight is 439 g/mol. The molecule has 0 fully saturated rings. The third-order valence-corrected chi connectivity index (χ3v) is 5.49. The van der Waals surface area contributed by atoms with Crippen molar-refractivity contribution in [2.75, 3.05) is 6.61 Å². The predicted octanol–water partition coefficient (Wildman–Crippen LogP) is 6.70. The second-order valence-corrected chi connectivity index (χ2v) is 7.83. The molecule has 1 aliphatic rings. The molecule has 0 atom stereocenters. The van der Waals surface area contributed by atoms with E-state index in [1.54, 1.807) is 6.92 Å². The van der Waals surface area contributed by atoms with E-state index in [1.807, 2.05) is 24.3 Å². The molecule has 30 heavy (non-hydrogen) atoms. The van der Waals surface area contributed by atoms with Crippen molar-refractivity contribution >= 4 is 23.1 Å². The standard InChI is InChI=1S/C23H22ClF3O3/c1-14-11-16(7-10-22(28)29)20(23(25,26)27)12-21(14)30-13-17-3-2-4-19(17)15-5-8-18(24)9-6-15/h5-6,8-9,11-12H,2-4,7,10,13H2,1H3,(H,28,29). The van der Waals surface area contributed by atoms with Crippen LogP contribution in [0.3, 0.4) is 0 Å². The van der Waals surface area contributed by atoms with E-state index in [9.17, 15) is 18.0 Å². The van der Waals surface area contributed by atoms with Gasteiger partial charge in [-0.3, -0.25) is 4.79 Å². The molecular formula is C23H22ClF3O3. The van der Waals surface area contributed by atoms with E-state index in [-0.39, 0.29) is 30.8 Å². The Labute approximate surface area is 178 Å². The first-order chi connectivity index (χ1) is 14.1. The van der Waals surface area contributed by atoms with Gasteiger partial charge in [0.05, 0.1) is 5.56 Å². The molecule has 2 aromatic carbocycles. The van der Waals surface area contributed by atoms with Crippen molar-refractivity contribution in [3.8, 4) is 5.75 Å². The van der Waals surface area contributed by atoms with Crippen molar-refractivity contribution in [3.63, 3.8) is 0 Å². The molecule has 1 N–H and O–H groups in total. The summed E-state index contributed by atoms with van der Waals surface area (Å²) in [6.07, 6.45) is -2.43. The van der Waals surface area contributed by atoms with Crippen LogP contribution in [0.5, 0.6) is 5.75 Å². The number of halogens is 4. The lowest BCUT2D eigenvalue weighted by Gasteiger charge is -2.18. The first-order valence-electron chi connectivity index (χ1n) is 9.67. The van der Waals surface area contributed by atoms with Crippen LogP contribution in [-0.2, 0) is 17.4 Å². The monoisotopic (exact) mass is 438 g/mol. The third kappa shape index (κ3) is 5.36. The quantitative estimate of drug-likeness (QED) is 0.523. The fraction of sp³-hybridized carbons (Fsp3) is 0.348. The highest BCUT2D eigenvalue weighted by Crippen LogP contribution is 2.38. The summed E-state index contributed by atoms with van der Waals surface area (Å²) in [7, 11) is 0. The fourth-order valence-electron chi connectivity index (χ4n) is 3.75. The highest BCUT2D eigenvalue weighted by molar-refractivity contribution is 6.30. The fourth-order valence-corrected chi connectivity index (χ4v) is 3.87. The van der Waals surface area contributed by atoms with Crippen molar-refractivity contribution in [1.82, 2.24) is 0 Å². The lowest BCUT2D eigenvalue weighted by atomic mass is 9.99. The highest BCUT2D eigenvalue weighted by Gasteiger charge is 2.34. The van der Waals surface area contributed by atoms with Crippen LogP contribution in [0.1, 0.15) is 47.9 Å². The summed E-state index contributed by atoms with van der Waals surface area (Å²) < 4.78 is 46.4. The van der Waals surface area contributed by atoms with Crippen LogP contribution in [-0.4, -0.2) is 17.7 Å². The number of benzene rings is 2. The first-order valence-corrected chi connectivity index (χ1v) is 10.0. The van der Waals surface area contributed by atoms with Crippen LogP contribution in [0.2, 0.25) is 5.02 Å². The van der Waals surface area contributed by atoms with Crippen LogP contribution in [0.4, 0.5) is 13.2 Å². The summed E-state index contributed by atoms with van der Waals surface area (Å²) in [4.78, 5) is 10.8. The van der Waals surface area contributed by atoms with Crippen LogP contribution in [0, 0.1) is 6.92 Å². The molecule has 0 bridgehead atoms. The Morgan fingerprint density at radius 1 is 1.17 bits per heavy atom. The molecule has 0 saturated carbocycles. The Morgan fingerprint density at radius 2 is 1.87 bits per heavy atom. The number of carboxylic acid groups (broad SMARTS) is 1. The van der Waals surface area contributed by atoms with E-state index in [2.05, 4.69) is 0 Å². The molecule has 3 rings (SSSR count). The molecule has 0 heterocycles. The van der Waals surface area contributed by atoms with Gasteiger partial charge in [-0.2, -0.15) is 13.2 Å². The summed E-state index contributed by atoms with van der Waals surface area (Å²) in [6, 6.07) is 9.88. The van der Waals surface area contributed by atoms with E-state index >= 15 is 0 Å². The normalized spacial score (nSPS) is 14.3. The average Bonchev–Trinajstić information content (AvgIpc) is 3.13. The largest absolute Gasteiger partial charge is 0.489 e. The maximum Gasteiger partial charge on any atom is 0.416 e. The lowest BCUT2D eigenvalue weighted by Crippen LogP contribution is -2.12. The molecule has 2 aromatic rings. The van der Waals surface area contributed by atoms with Gasteiger partial charge in [0.15, 0.2) is 0 Å². The van der Waals surface area contributed by atoms with Crippen LogP contribution >= 0.6 is 11.6 Å². The summed E-state index contributed by atoms with van der Waals surface area (Å²) in [6.45, 7) is 1.88. The molecule has 3 nitrogen and oxygen atoms in total. The van der Waals surface area contributed by atoms with Gasteiger partial charge in [0.1, 0.15) is 12.4 Å². The first kappa shape index (κ1) is 22.2. The van der Waals surface area contributed by atoms with Crippen molar-refractivity contribution in [2.24, 2.45) is 0 Å². The zero-order valence-electron chi connectivity index (χ0n) is 16.5. The number of hydrogen-bond donors (Lipinski definition) is 1. The van der Waals surface area contributed by atoms with E-state index < -0.39 is 17.7 Å². The van der Waals surface area contributed by atoms with Crippen molar-refractivity contribution in [3.05, 3.63) is 69.2 Å². The molecule has 0 saturated heterocycles. The molecule has 0 radical (unpaired) electrons. The van der Waals surface area contributed by atoms with E-state index in [1.165, 1.54) is 6.07 Å². The number of aryl methyl sites for hydroxylation is 2. The molecular weight excluding hydrogens is 417 g/mol. The molecule has 0 aromatic heterocycles. The Morgan fingerprint density at radius 3 is 2.50 bits per heavy atom. The number of hydrogen-bond acceptors (Lipinski definition) is 2. The van der Waals surface area contributed by atoms with Gasteiger partial charge in [0, 0.05) is 11.4 Å². The zero-order chi connectivity index (χ0) is 21.9. The number of aliphatic carboxylic acids is 1. The summed E-state index contributed by atoms with van der Waals surface area (Å²) >= 11 is 5.95. The molecule has 7 heteroatoms. The van der Waals surface area contributed by atoms with Gasteiger partial charge >= 0.3 is 12.1 Å². The molecule has 0 unspecified atom stereocenters. The smallest absolute Gasteiger partial charge is 0.416 e. The Kier molecular flexibility index (Phi) is 6.76. The maximum absolute atomic E-state index is 13.5. The van der Waals surface area contributed by atoms with Crippen LogP contribution < -0.4 is 4.74 Å². The number of carboxylic acids is 1. The summed E-state index contributed by atoms with van der Waals surface area (Å²) in [5, 5.41) is 9.46. The van der Waals surface area contributed by atoms with Gasteiger partial charge in [0.2, 0.25) is 0 Å². The number of allylic oxidation sites excluding steroid dienone is 1. The minimum absolute atomic E-state index is 0.0308. The minimum Gasteiger partial charge on any atom is -0.489 e. The highest BCUT2D eigenvalue weighted by atomic mass is 35.5. The minimum atomic E-state index is -4.58. The zero-order valence-corrected chi connectivity index (χ0v) is 17.2. The van der Waals surface area contributed by atoms with Crippen molar-refractivity contribution in [1.29, 1.82) is 0 Å². The molecule has 160 valence electrons. The second-order valence-electron chi connectivity index (χ2n) is 7.40. The van der Waals surface area contributed by atoms with Gasteiger partial charge in [-0.15, -0.1) is 0 Å². The Hall–Kier alpha value is -2.47.